The van der Waals surface area contributed by atoms with Crippen LogP contribution >= 0.6 is 34.8 Å². The fourth-order valence-corrected chi connectivity index (χ4v) is 2.09. The molecule has 0 radical (unpaired) electrons. The minimum atomic E-state index is -0.535. The Bertz CT molecular complexity index is 626. The van der Waals surface area contributed by atoms with Gasteiger partial charge in [-0.05, 0) is 24.3 Å². The number of anilines is 2. The first-order valence-corrected chi connectivity index (χ1v) is 6.30. The van der Waals surface area contributed by atoms with Crippen molar-refractivity contribution < 1.29 is 4.79 Å². The zero-order valence-electron chi connectivity index (χ0n) is 9.45. The molecular formula is C12H8Cl3N3O. The minimum absolute atomic E-state index is 0.0117. The van der Waals surface area contributed by atoms with Gasteiger partial charge < -0.3 is 11.1 Å². The first-order valence-electron chi connectivity index (χ1n) is 5.16. The van der Waals surface area contributed by atoms with E-state index in [-0.39, 0.29) is 16.5 Å². The Morgan fingerprint density at radius 3 is 2.32 bits per heavy atom. The lowest BCUT2D eigenvalue weighted by Gasteiger charge is -2.09. The lowest BCUT2D eigenvalue weighted by atomic mass is 10.3. The van der Waals surface area contributed by atoms with Gasteiger partial charge in [-0.15, -0.1) is 0 Å². The van der Waals surface area contributed by atoms with Crippen molar-refractivity contribution in [2.24, 2.45) is 0 Å². The molecule has 0 atom stereocenters. The molecule has 2 rings (SSSR count). The summed E-state index contributed by atoms with van der Waals surface area (Å²) in [5.41, 5.74) is 5.83. The molecule has 0 bridgehead atoms. The number of amides is 1. The van der Waals surface area contributed by atoms with Gasteiger partial charge in [0, 0.05) is 0 Å². The molecule has 1 amide bonds. The number of benzene rings is 1. The molecule has 2 aromatic rings. The topological polar surface area (TPSA) is 68.0 Å². The minimum Gasteiger partial charge on any atom is -0.384 e. The highest BCUT2D eigenvalue weighted by molar-refractivity contribution is 6.40. The first-order chi connectivity index (χ1) is 8.99. The van der Waals surface area contributed by atoms with E-state index in [0.29, 0.717) is 15.7 Å². The molecule has 3 N–H and O–H groups in total. The van der Waals surface area contributed by atoms with Gasteiger partial charge in [-0.3, -0.25) is 4.79 Å². The van der Waals surface area contributed by atoms with Crippen LogP contribution in [0.5, 0.6) is 0 Å². The SMILES string of the molecule is Nc1ccc(Cl)c(C(=O)Nc2c(Cl)cccc2Cl)n1. The van der Waals surface area contributed by atoms with Crippen LogP contribution < -0.4 is 11.1 Å². The van der Waals surface area contributed by atoms with Crippen molar-refractivity contribution in [2.45, 2.75) is 0 Å². The Morgan fingerprint density at radius 2 is 1.68 bits per heavy atom. The van der Waals surface area contributed by atoms with Crippen LogP contribution in [0.3, 0.4) is 0 Å². The van der Waals surface area contributed by atoms with Gasteiger partial charge in [0.25, 0.3) is 5.91 Å². The number of para-hydroxylation sites is 1. The van der Waals surface area contributed by atoms with Gasteiger partial charge in [0.15, 0.2) is 0 Å². The van der Waals surface area contributed by atoms with Gasteiger partial charge in [0.2, 0.25) is 0 Å². The molecule has 0 saturated carbocycles. The summed E-state index contributed by atoms with van der Waals surface area (Å²) in [6, 6.07) is 7.88. The average Bonchev–Trinajstić information content (AvgIpc) is 2.37. The van der Waals surface area contributed by atoms with Crippen molar-refractivity contribution in [1.82, 2.24) is 4.98 Å². The van der Waals surface area contributed by atoms with Gasteiger partial charge in [0.05, 0.1) is 20.8 Å². The Hall–Kier alpha value is -1.49. The van der Waals surface area contributed by atoms with Crippen LogP contribution in [-0.4, -0.2) is 10.9 Å². The fourth-order valence-electron chi connectivity index (χ4n) is 1.41. The highest BCUT2D eigenvalue weighted by Gasteiger charge is 2.15. The molecule has 0 saturated heterocycles. The van der Waals surface area contributed by atoms with Crippen molar-refractivity contribution >= 4 is 52.2 Å². The lowest BCUT2D eigenvalue weighted by molar-refractivity contribution is 0.102. The summed E-state index contributed by atoms with van der Waals surface area (Å²) in [5.74, 6) is -0.341. The van der Waals surface area contributed by atoms with Crippen LogP contribution in [0.15, 0.2) is 30.3 Å². The number of pyridine rings is 1. The number of nitrogen functional groups attached to an aromatic ring is 1. The van der Waals surface area contributed by atoms with Crippen LogP contribution in [0.2, 0.25) is 15.1 Å². The zero-order chi connectivity index (χ0) is 14.0. The number of halogens is 3. The van der Waals surface area contributed by atoms with Crippen LogP contribution in [0, 0.1) is 0 Å². The van der Waals surface area contributed by atoms with Crippen molar-refractivity contribution in [3.63, 3.8) is 0 Å². The monoisotopic (exact) mass is 315 g/mol. The molecule has 0 fully saturated rings. The summed E-state index contributed by atoms with van der Waals surface area (Å²) in [5, 5.41) is 3.39. The summed E-state index contributed by atoms with van der Waals surface area (Å²) in [6.07, 6.45) is 0. The smallest absolute Gasteiger partial charge is 0.275 e. The highest BCUT2D eigenvalue weighted by Crippen LogP contribution is 2.30. The van der Waals surface area contributed by atoms with Crippen LogP contribution in [0.25, 0.3) is 0 Å². The molecule has 0 spiro atoms. The van der Waals surface area contributed by atoms with Crippen molar-refractivity contribution in [3.8, 4) is 0 Å². The summed E-state index contributed by atoms with van der Waals surface area (Å²) >= 11 is 17.8. The predicted molar refractivity (Wildman–Crippen MR) is 78.1 cm³/mol. The average molecular weight is 317 g/mol. The number of aromatic nitrogens is 1. The van der Waals surface area contributed by atoms with E-state index < -0.39 is 5.91 Å². The molecular weight excluding hydrogens is 309 g/mol. The second-order valence-corrected chi connectivity index (χ2v) is 4.84. The summed E-state index contributed by atoms with van der Waals surface area (Å²) < 4.78 is 0. The van der Waals surface area contributed by atoms with E-state index in [1.807, 2.05) is 0 Å². The number of nitrogens with two attached hydrogens (primary N) is 1. The Labute approximate surface area is 124 Å². The summed E-state index contributed by atoms with van der Waals surface area (Å²) in [7, 11) is 0. The standard InChI is InChI=1S/C12H8Cl3N3O/c13-6-2-1-3-7(14)10(6)18-12(19)11-8(15)4-5-9(16)17-11/h1-5H,(H2,16,17)(H,18,19). The second-order valence-electron chi connectivity index (χ2n) is 3.62. The molecule has 98 valence electrons. The van der Waals surface area contributed by atoms with Crippen LogP contribution in [-0.2, 0) is 0 Å². The number of hydrogen-bond donors (Lipinski definition) is 2. The van der Waals surface area contributed by atoms with E-state index >= 15 is 0 Å². The van der Waals surface area contributed by atoms with Gasteiger partial charge in [-0.1, -0.05) is 40.9 Å². The normalized spacial score (nSPS) is 10.3. The Kier molecular flexibility index (Phi) is 4.14. The van der Waals surface area contributed by atoms with E-state index in [0.717, 1.165) is 0 Å². The van der Waals surface area contributed by atoms with E-state index in [4.69, 9.17) is 40.5 Å². The molecule has 4 nitrogen and oxygen atoms in total. The molecule has 1 aromatic heterocycles. The highest BCUT2D eigenvalue weighted by atomic mass is 35.5. The maximum atomic E-state index is 12.1. The predicted octanol–water partition coefficient (Wildman–Crippen LogP) is 3.88. The van der Waals surface area contributed by atoms with E-state index in [2.05, 4.69) is 10.3 Å². The summed E-state index contributed by atoms with van der Waals surface area (Å²) in [6.45, 7) is 0. The summed E-state index contributed by atoms with van der Waals surface area (Å²) in [4.78, 5) is 15.9. The first kappa shape index (κ1) is 13.9. The van der Waals surface area contributed by atoms with Gasteiger partial charge in [-0.2, -0.15) is 0 Å². The molecule has 0 unspecified atom stereocenters. The molecule has 0 aliphatic rings. The quantitative estimate of drug-likeness (QED) is 0.883. The van der Waals surface area contributed by atoms with E-state index in [1.54, 1.807) is 18.2 Å². The van der Waals surface area contributed by atoms with Crippen molar-refractivity contribution in [3.05, 3.63) is 51.1 Å². The maximum absolute atomic E-state index is 12.1. The zero-order valence-corrected chi connectivity index (χ0v) is 11.7. The maximum Gasteiger partial charge on any atom is 0.275 e. The third-order valence-corrected chi connectivity index (χ3v) is 3.22. The fraction of sp³-hybridized carbons (Fsp3) is 0. The second kappa shape index (κ2) is 5.65. The molecule has 7 heteroatoms. The van der Waals surface area contributed by atoms with Gasteiger partial charge >= 0.3 is 0 Å². The Balaban J connectivity index is 2.34. The number of nitrogens with one attached hydrogen (secondary N) is 1. The lowest BCUT2D eigenvalue weighted by Crippen LogP contribution is -2.15. The number of carbonyl (C=O) groups excluding carboxylic acids is 1. The van der Waals surface area contributed by atoms with Gasteiger partial charge in [0.1, 0.15) is 11.5 Å². The molecule has 1 aromatic carbocycles. The largest absolute Gasteiger partial charge is 0.384 e. The van der Waals surface area contributed by atoms with Crippen molar-refractivity contribution in [1.29, 1.82) is 0 Å². The van der Waals surface area contributed by atoms with Crippen LogP contribution in [0.1, 0.15) is 10.5 Å². The number of hydrogen-bond acceptors (Lipinski definition) is 3. The third kappa shape index (κ3) is 3.10. The van der Waals surface area contributed by atoms with Crippen LogP contribution in [0.4, 0.5) is 11.5 Å². The molecule has 0 aliphatic heterocycles. The number of rotatable bonds is 2. The van der Waals surface area contributed by atoms with Gasteiger partial charge in [-0.25, -0.2) is 4.98 Å². The number of carbonyl (C=O) groups is 1. The molecule has 1 heterocycles. The molecule has 0 aliphatic carbocycles. The number of nitrogens with zero attached hydrogens (tertiary/aromatic N) is 1. The third-order valence-electron chi connectivity index (χ3n) is 2.28. The van der Waals surface area contributed by atoms with Crippen molar-refractivity contribution in [2.75, 3.05) is 11.1 Å². The molecule has 19 heavy (non-hydrogen) atoms. The van der Waals surface area contributed by atoms with E-state index in [9.17, 15) is 4.79 Å². The van der Waals surface area contributed by atoms with E-state index in [1.165, 1.54) is 12.1 Å². The Morgan fingerprint density at radius 1 is 1.05 bits per heavy atom.